The lowest BCUT2D eigenvalue weighted by Gasteiger charge is -2.58. The normalized spacial score (nSPS) is 31.1. The number of phosphoric ester groups is 1. The van der Waals surface area contributed by atoms with E-state index in [0.29, 0.717) is 30.6 Å². The van der Waals surface area contributed by atoms with E-state index in [9.17, 15) is 14.2 Å². The maximum Gasteiger partial charge on any atom is 0.480 e. The summed E-state index contributed by atoms with van der Waals surface area (Å²) >= 11 is 0. The lowest BCUT2D eigenvalue weighted by Crippen LogP contribution is -2.50. The van der Waals surface area contributed by atoms with Crippen molar-refractivity contribution in [3.63, 3.8) is 0 Å². The zero-order valence-corrected chi connectivity index (χ0v) is 29.7. The van der Waals surface area contributed by atoms with Crippen LogP contribution in [0, 0.1) is 39.4 Å². The molecule has 1 heterocycles. The van der Waals surface area contributed by atoms with Gasteiger partial charge in [0.1, 0.15) is 0 Å². The number of carbonyl (C=O) groups is 2. The third kappa shape index (κ3) is 7.08. The molecule has 5 rings (SSSR count). The van der Waals surface area contributed by atoms with Gasteiger partial charge in [-0.15, -0.1) is 0 Å². The molecule has 1 aromatic rings. The number of phosphoric acid groups is 1. The van der Waals surface area contributed by atoms with Gasteiger partial charge in [-0.3, -0.25) is 19.1 Å². The van der Waals surface area contributed by atoms with Gasteiger partial charge in [-0.2, -0.15) is 0 Å². The van der Waals surface area contributed by atoms with Crippen molar-refractivity contribution >= 4 is 25.3 Å². The van der Waals surface area contributed by atoms with Gasteiger partial charge in [-0.05, 0) is 132 Å². The first kappa shape index (κ1) is 35.0. The maximum absolute atomic E-state index is 13.8. The zero-order valence-electron chi connectivity index (χ0n) is 28.8. The number of ether oxygens (including phenoxy) is 2. The number of fused-ring (bicyclic) bond motifs is 5. The highest BCUT2D eigenvalue weighted by Crippen LogP contribution is 2.67. The smallest absolute Gasteiger partial charge is 0.437 e. The van der Waals surface area contributed by atoms with E-state index < -0.39 is 50.3 Å². The summed E-state index contributed by atoms with van der Waals surface area (Å²) in [5.74, 6) is 0.743. The Bertz CT molecular complexity index is 1370. The Hall–Kier alpha value is -2.32. The molecule has 254 valence electrons. The fourth-order valence-electron chi connectivity index (χ4n) is 8.26. The Morgan fingerprint density at radius 2 is 1.52 bits per heavy atom. The molecule has 0 unspecified atom stereocenters. The molecule has 4 aliphatic carbocycles. The summed E-state index contributed by atoms with van der Waals surface area (Å²) in [5, 5.41) is 0. The first-order valence-corrected chi connectivity index (χ1v) is 18.1. The van der Waals surface area contributed by atoms with Crippen molar-refractivity contribution in [3.05, 3.63) is 47.8 Å². The minimum absolute atomic E-state index is 0.0390. The SMILES string of the molecule is CC(C)(C)C(=O)OCOP(=O)(OCOC(=O)C(C)(C)C)O[C@H]1CC[C@@]2(C)C(=CC[C@@H]3[C@@H]2CC[C@]2(C)C(c4cccnc4)=CC[C@@H]32)C1. The van der Waals surface area contributed by atoms with E-state index in [4.69, 9.17) is 23.0 Å². The Balaban J connectivity index is 1.27. The predicted octanol–water partition coefficient (Wildman–Crippen LogP) is 8.66. The fraction of sp³-hybridized carbons (Fsp3) is 0.694. The summed E-state index contributed by atoms with van der Waals surface area (Å²) in [7, 11) is -4.26. The van der Waals surface area contributed by atoms with Crippen LogP contribution in [-0.4, -0.2) is 36.6 Å². The average Bonchev–Trinajstić information content (AvgIpc) is 3.34. The molecule has 0 amide bonds. The molecule has 6 atom stereocenters. The molecular weight excluding hydrogens is 605 g/mol. The molecule has 2 saturated carbocycles. The van der Waals surface area contributed by atoms with E-state index in [1.165, 1.54) is 16.7 Å². The number of pyridine rings is 1. The third-order valence-electron chi connectivity index (χ3n) is 10.9. The van der Waals surface area contributed by atoms with E-state index in [1.807, 2.05) is 18.5 Å². The van der Waals surface area contributed by atoms with Gasteiger partial charge in [0.2, 0.25) is 13.6 Å². The number of nitrogens with zero attached hydrogens (tertiary/aromatic N) is 1. The molecule has 4 aliphatic rings. The summed E-state index contributed by atoms with van der Waals surface area (Å²) in [6.45, 7) is 13.9. The second kappa shape index (κ2) is 12.9. The van der Waals surface area contributed by atoms with Crippen molar-refractivity contribution in [3.8, 4) is 0 Å². The van der Waals surface area contributed by atoms with E-state index in [-0.39, 0.29) is 10.8 Å². The van der Waals surface area contributed by atoms with Gasteiger partial charge >= 0.3 is 19.8 Å². The topological polar surface area (TPSA) is 110 Å². The molecule has 0 aliphatic heterocycles. The highest BCUT2D eigenvalue weighted by molar-refractivity contribution is 7.48. The van der Waals surface area contributed by atoms with Crippen LogP contribution in [0.4, 0.5) is 0 Å². The Labute approximate surface area is 274 Å². The standard InChI is InChI=1S/C36H52NO8P/c1-33(2,3)31(38)41-22-43-46(40,44-23-42-32(39)34(4,5)6)45-26-15-17-35(7)25(20-26)11-12-27-29-14-13-28(24-10-9-19-37-21-24)36(29,8)18-16-30(27)35/h9-11,13,19,21,26-27,29-30H,12,14-18,20,22-23H2,1-8H3/t26-,27-,29-,30-,35-,36+/m0/s1. The van der Waals surface area contributed by atoms with Crippen molar-refractivity contribution < 1.29 is 37.2 Å². The molecule has 9 nitrogen and oxygen atoms in total. The van der Waals surface area contributed by atoms with Gasteiger partial charge in [0.15, 0.2) is 0 Å². The van der Waals surface area contributed by atoms with E-state index in [0.717, 1.165) is 32.1 Å². The van der Waals surface area contributed by atoms with Crippen LogP contribution in [0.25, 0.3) is 5.57 Å². The first-order chi connectivity index (χ1) is 21.5. The van der Waals surface area contributed by atoms with Crippen LogP contribution in [0.1, 0.15) is 106 Å². The quantitative estimate of drug-likeness (QED) is 0.111. The average molecular weight is 658 g/mol. The molecule has 0 N–H and O–H groups in total. The van der Waals surface area contributed by atoms with Gasteiger partial charge in [0, 0.05) is 12.4 Å². The number of hydrogen-bond donors (Lipinski definition) is 0. The summed E-state index contributed by atoms with van der Waals surface area (Å²) in [6, 6.07) is 4.22. The minimum atomic E-state index is -4.26. The number of carbonyl (C=O) groups excluding carboxylic acids is 2. The van der Waals surface area contributed by atoms with Crippen LogP contribution in [0.15, 0.2) is 42.3 Å². The van der Waals surface area contributed by atoms with Crippen molar-refractivity contribution in [2.75, 3.05) is 13.6 Å². The highest BCUT2D eigenvalue weighted by Gasteiger charge is 2.57. The highest BCUT2D eigenvalue weighted by atomic mass is 31.2. The number of allylic oxidation sites excluding steroid dienone is 3. The van der Waals surface area contributed by atoms with Gasteiger partial charge in [-0.1, -0.05) is 37.6 Å². The molecule has 2 fully saturated rings. The molecule has 0 saturated heterocycles. The van der Waals surface area contributed by atoms with Gasteiger partial charge in [0.05, 0.1) is 16.9 Å². The van der Waals surface area contributed by atoms with Crippen molar-refractivity contribution in [1.82, 2.24) is 4.98 Å². The molecule has 10 heteroatoms. The third-order valence-corrected chi connectivity index (χ3v) is 12.3. The molecule has 1 aromatic heterocycles. The van der Waals surface area contributed by atoms with Crippen LogP contribution >= 0.6 is 7.82 Å². The summed E-state index contributed by atoms with van der Waals surface area (Å²) in [5.41, 5.74) is 2.72. The number of hydrogen-bond acceptors (Lipinski definition) is 9. The van der Waals surface area contributed by atoms with Crippen LogP contribution in [0.2, 0.25) is 0 Å². The lowest BCUT2D eigenvalue weighted by atomic mass is 9.47. The monoisotopic (exact) mass is 657 g/mol. The molecule has 0 radical (unpaired) electrons. The minimum Gasteiger partial charge on any atom is -0.437 e. The number of esters is 2. The van der Waals surface area contributed by atoms with Gasteiger partial charge in [-0.25, -0.2) is 13.6 Å². The molecule has 0 aromatic carbocycles. The van der Waals surface area contributed by atoms with E-state index >= 15 is 0 Å². The van der Waals surface area contributed by atoms with Gasteiger partial charge in [0.25, 0.3) is 0 Å². The van der Waals surface area contributed by atoms with Crippen LogP contribution in [-0.2, 0) is 37.2 Å². The largest absolute Gasteiger partial charge is 0.480 e. The number of aromatic nitrogens is 1. The maximum atomic E-state index is 13.8. The fourth-order valence-corrected chi connectivity index (χ4v) is 9.36. The van der Waals surface area contributed by atoms with Crippen molar-refractivity contribution in [1.29, 1.82) is 0 Å². The molecule has 46 heavy (non-hydrogen) atoms. The van der Waals surface area contributed by atoms with Gasteiger partial charge < -0.3 is 9.47 Å². The Morgan fingerprint density at radius 3 is 2.11 bits per heavy atom. The second-order valence-corrected chi connectivity index (χ2v) is 17.7. The van der Waals surface area contributed by atoms with Crippen LogP contribution < -0.4 is 0 Å². The summed E-state index contributed by atoms with van der Waals surface area (Å²) in [4.78, 5) is 29.0. The van der Waals surface area contributed by atoms with Crippen molar-refractivity contribution in [2.24, 2.45) is 39.4 Å². The Kier molecular flexibility index (Phi) is 9.85. The summed E-state index contributed by atoms with van der Waals surface area (Å²) in [6.07, 6.45) is 14.9. The zero-order chi connectivity index (χ0) is 33.5. The van der Waals surface area contributed by atoms with Crippen LogP contribution in [0.5, 0.6) is 0 Å². The summed E-state index contributed by atoms with van der Waals surface area (Å²) < 4.78 is 41.2. The van der Waals surface area contributed by atoms with Crippen LogP contribution in [0.3, 0.4) is 0 Å². The first-order valence-electron chi connectivity index (χ1n) is 16.7. The predicted molar refractivity (Wildman–Crippen MR) is 175 cm³/mol. The lowest BCUT2D eigenvalue weighted by molar-refractivity contribution is -0.163. The van der Waals surface area contributed by atoms with Crippen molar-refractivity contribution in [2.45, 2.75) is 106 Å². The van der Waals surface area contributed by atoms with E-state index in [1.54, 1.807) is 41.5 Å². The number of rotatable bonds is 9. The van der Waals surface area contributed by atoms with E-state index in [2.05, 4.69) is 37.0 Å². The molecular formula is C36H52NO8P. The molecule has 0 spiro atoms. The molecule has 0 bridgehead atoms. The Morgan fingerprint density at radius 1 is 0.891 bits per heavy atom. The second-order valence-electron chi connectivity index (χ2n) is 16.1.